The van der Waals surface area contributed by atoms with Gasteiger partial charge in [-0.15, -0.1) is 11.3 Å². The summed E-state index contributed by atoms with van der Waals surface area (Å²) in [6.07, 6.45) is 0. The van der Waals surface area contributed by atoms with E-state index in [0.29, 0.717) is 17.5 Å². The van der Waals surface area contributed by atoms with Gasteiger partial charge in [0.2, 0.25) is 0 Å². The summed E-state index contributed by atoms with van der Waals surface area (Å²) >= 11 is 1.86. The predicted octanol–water partition coefficient (Wildman–Crippen LogP) is 13.9. The summed E-state index contributed by atoms with van der Waals surface area (Å²) in [5.74, 6) is 1.82. The number of fused-ring (bicyclic) bond motifs is 10. The molecule has 0 amide bonds. The molecule has 8 aromatic carbocycles. The van der Waals surface area contributed by atoms with Crippen LogP contribution in [0.15, 0.2) is 186 Å². The Labute approximate surface area is 330 Å². The molecule has 5 nitrogen and oxygen atoms in total. The van der Waals surface area contributed by atoms with E-state index in [-0.39, 0.29) is 0 Å². The SMILES string of the molecule is c1ccc(-c2ccc(-c3nc(-c4ccccc4)nc(-c4cccc5oc6c(-n7c8ccccc8c8c9sc%10ccccc%10c9ccc87)cccc6c45)n3)cc2)cc1. The quantitative estimate of drug-likeness (QED) is 0.176. The maximum atomic E-state index is 6.90. The highest BCUT2D eigenvalue weighted by molar-refractivity contribution is 7.26. The van der Waals surface area contributed by atoms with Crippen LogP contribution in [0.5, 0.6) is 0 Å². The normalized spacial score (nSPS) is 11.9. The maximum Gasteiger partial charge on any atom is 0.164 e. The van der Waals surface area contributed by atoms with E-state index in [1.165, 1.54) is 30.9 Å². The fourth-order valence-electron chi connectivity index (χ4n) is 8.47. The minimum Gasteiger partial charge on any atom is -0.454 e. The molecule has 0 saturated heterocycles. The lowest BCUT2D eigenvalue weighted by Crippen LogP contribution is -2.00. The van der Waals surface area contributed by atoms with Gasteiger partial charge in [0, 0.05) is 58.4 Å². The lowest BCUT2D eigenvalue weighted by molar-refractivity contribution is 0.666. The number of thiophene rings is 1. The molecule has 0 aliphatic heterocycles. The predicted molar refractivity (Wildman–Crippen MR) is 236 cm³/mol. The monoisotopic (exact) mass is 746 g/mol. The van der Waals surface area contributed by atoms with Gasteiger partial charge in [-0.25, -0.2) is 15.0 Å². The lowest BCUT2D eigenvalue weighted by Gasteiger charge is -2.10. The first-order valence-corrected chi connectivity index (χ1v) is 19.8. The molecule has 0 saturated carbocycles. The van der Waals surface area contributed by atoms with E-state index in [2.05, 4.69) is 138 Å². The van der Waals surface area contributed by atoms with Gasteiger partial charge < -0.3 is 8.98 Å². The third-order valence-electron chi connectivity index (χ3n) is 11.1. The summed E-state index contributed by atoms with van der Waals surface area (Å²) < 4.78 is 11.9. The zero-order valence-electron chi connectivity index (χ0n) is 30.4. The standard InChI is InChI=1S/C51H30N4OS/c1-3-13-31(14-4-1)32-25-27-34(28-26-32)50-52-49(33-15-5-2-6-16-33)53-51(54-50)39-20-12-23-43-45(39)38-19-11-22-42(47(38)56-43)55-40-21-9-7-18-37(40)46-41(55)30-29-36-35-17-8-10-24-44(35)57-48(36)46/h1-30H. The van der Waals surface area contributed by atoms with Crippen molar-refractivity contribution in [2.24, 2.45) is 0 Å². The zero-order chi connectivity index (χ0) is 37.5. The van der Waals surface area contributed by atoms with Crippen LogP contribution in [0.25, 0.3) is 115 Å². The second-order valence-electron chi connectivity index (χ2n) is 14.3. The largest absolute Gasteiger partial charge is 0.454 e. The van der Waals surface area contributed by atoms with Crippen LogP contribution in [0, 0.1) is 0 Å². The molecule has 266 valence electrons. The minimum absolute atomic E-state index is 0.591. The smallest absolute Gasteiger partial charge is 0.164 e. The Morgan fingerprint density at radius 3 is 1.82 bits per heavy atom. The van der Waals surface area contributed by atoms with Gasteiger partial charge in [0.05, 0.1) is 16.7 Å². The van der Waals surface area contributed by atoms with Crippen molar-refractivity contribution in [3.8, 4) is 51.0 Å². The summed E-state index contributed by atoms with van der Waals surface area (Å²) in [5.41, 5.74) is 9.90. The van der Waals surface area contributed by atoms with Gasteiger partial charge in [-0.1, -0.05) is 152 Å². The van der Waals surface area contributed by atoms with Crippen molar-refractivity contribution in [1.29, 1.82) is 0 Å². The van der Waals surface area contributed by atoms with Crippen LogP contribution in [0.1, 0.15) is 0 Å². The Morgan fingerprint density at radius 1 is 0.404 bits per heavy atom. The Hall–Kier alpha value is -7.41. The van der Waals surface area contributed by atoms with Crippen molar-refractivity contribution >= 4 is 75.3 Å². The van der Waals surface area contributed by atoms with E-state index in [1.54, 1.807) is 0 Å². The molecule has 0 fully saturated rings. The van der Waals surface area contributed by atoms with Crippen LogP contribution in [-0.4, -0.2) is 19.5 Å². The third kappa shape index (κ3) is 4.98. The van der Waals surface area contributed by atoms with Crippen molar-refractivity contribution in [3.63, 3.8) is 0 Å². The summed E-state index contributed by atoms with van der Waals surface area (Å²) in [4.78, 5) is 15.3. The zero-order valence-corrected chi connectivity index (χ0v) is 31.2. The van der Waals surface area contributed by atoms with Crippen molar-refractivity contribution < 1.29 is 4.42 Å². The molecule has 6 heteroatoms. The fourth-order valence-corrected chi connectivity index (χ4v) is 9.73. The molecule has 4 aromatic heterocycles. The Kier molecular flexibility index (Phi) is 7.03. The number of rotatable bonds is 5. The van der Waals surface area contributed by atoms with Gasteiger partial charge in [0.15, 0.2) is 23.1 Å². The van der Waals surface area contributed by atoms with Crippen molar-refractivity contribution in [2.45, 2.75) is 0 Å². The molecule has 0 N–H and O–H groups in total. The lowest BCUT2D eigenvalue weighted by atomic mass is 10.0. The van der Waals surface area contributed by atoms with Gasteiger partial charge in [-0.2, -0.15) is 0 Å². The minimum atomic E-state index is 0.591. The average molecular weight is 747 g/mol. The molecular formula is C51H30N4OS. The van der Waals surface area contributed by atoms with Crippen LogP contribution in [-0.2, 0) is 0 Å². The fraction of sp³-hybridized carbons (Fsp3) is 0. The molecule has 0 bridgehead atoms. The molecule has 4 heterocycles. The number of benzene rings is 8. The van der Waals surface area contributed by atoms with Gasteiger partial charge in [0.1, 0.15) is 5.58 Å². The Morgan fingerprint density at radius 2 is 1.02 bits per heavy atom. The molecule has 0 aliphatic carbocycles. The van der Waals surface area contributed by atoms with Crippen LogP contribution in [0.3, 0.4) is 0 Å². The van der Waals surface area contributed by atoms with E-state index in [0.717, 1.165) is 66.5 Å². The van der Waals surface area contributed by atoms with E-state index in [1.807, 2.05) is 59.9 Å². The van der Waals surface area contributed by atoms with Crippen molar-refractivity contribution in [1.82, 2.24) is 19.5 Å². The first kappa shape index (κ1) is 31.9. The highest BCUT2D eigenvalue weighted by atomic mass is 32.1. The van der Waals surface area contributed by atoms with Gasteiger partial charge in [0.25, 0.3) is 0 Å². The molecular weight excluding hydrogens is 717 g/mol. The van der Waals surface area contributed by atoms with Crippen LogP contribution >= 0.6 is 11.3 Å². The highest BCUT2D eigenvalue weighted by Crippen LogP contribution is 2.45. The number of para-hydroxylation sites is 2. The summed E-state index contributed by atoms with van der Waals surface area (Å²) in [5, 5.41) is 7.04. The summed E-state index contributed by atoms with van der Waals surface area (Å²) in [6, 6.07) is 63.5. The van der Waals surface area contributed by atoms with E-state index < -0.39 is 0 Å². The second-order valence-corrected chi connectivity index (χ2v) is 15.4. The third-order valence-corrected chi connectivity index (χ3v) is 12.3. The molecule has 0 atom stereocenters. The molecule has 12 aromatic rings. The van der Waals surface area contributed by atoms with E-state index in [9.17, 15) is 0 Å². The summed E-state index contributed by atoms with van der Waals surface area (Å²) in [6.45, 7) is 0. The first-order valence-electron chi connectivity index (χ1n) is 19.0. The number of furan rings is 1. The molecule has 0 radical (unpaired) electrons. The molecule has 0 spiro atoms. The maximum absolute atomic E-state index is 6.90. The summed E-state index contributed by atoms with van der Waals surface area (Å²) in [7, 11) is 0. The van der Waals surface area contributed by atoms with Gasteiger partial charge in [-0.05, 0) is 41.5 Å². The molecule has 0 unspecified atom stereocenters. The number of nitrogens with zero attached hydrogens (tertiary/aromatic N) is 4. The number of aromatic nitrogens is 4. The second kappa shape index (κ2) is 12.6. The van der Waals surface area contributed by atoms with Gasteiger partial charge >= 0.3 is 0 Å². The van der Waals surface area contributed by atoms with Crippen molar-refractivity contribution in [3.05, 3.63) is 182 Å². The molecule has 0 aliphatic rings. The topological polar surface area (TPSA) is 56.7 Å². The average Bonchev–Trinajstić information content (AvgIpc) is 3.97. The van der Waals surface area contributed by atoms with Crippen LogP contribution < -0.4 is 0 Å². The number of hydrogen-bond acceptors (Lipinski definition) is 5. The number of hydrogen-bond donors (Lipinski definition) is 0. The molecule has 12 rings (SSSR count). The Bertz CT molecular complexity index is 3510. The van der Waals surface area contributed by atoms with Crippen LogP contribution in [0.2, 0.25) is 0 Å². The van der Waals surface area contributed by atoms with Crippen molar-refractivity contribution in [2.75, 3.05) is 0 Å². The van der Waals surface area contributed by atoms with E-state index in [4.69, 9.17) is 19.4 Å². The first-order chi connectivity index (χ1) is 28.3. The molecule has 57 heavy (non-hydrogen) atoms. The highest BCUT2D eigenvalue weighted by Gasteiger charge is 2.23. The van der Waals surface area contributed by atoms with E-state index >= 15 is 0 Å². The van der Waals surface area contributed by atoms with Crippen LogP contribution in [0.4, 0.5) is 0 Å². The Balaban J connectivity index is 1.07. The van der Waals surface area contributed by atoms with Gasteiger partial charge in [-0.3, -0.25) is 0 Å².